The molecule has 4 nitrogen and oxygen atoms in total. The SMILES string of the molecule is CCCn1c(=O)ncc2cc(N)ccc21. The molecule has 0 saturated heterocycles. The Morgan fingerprint density at radius 1 is 1.47 bits per heavy atom. The molecule has 2 rings (SSSR count). The van der Waals surface area contributed by atoms with Crippen LogP contribution in [-0.2, 0) is 6.54 Å². The first-order valence-corrected chi connectivity index (χ1v) is 4.97. The fraction of sp³-hybridized carbons (Fsp3) is 0.273. The number of benzene rings is 1. The van der Waals surface area contributed by atoms with E-state index in [0.29, 0.717) is 12.2 Å². The van der Waals surface area contributed by atoms with Crippen molar-refractivity contribution in [3.05, 3.63) is 34.9 Å². The molecule has 0 aliphatic rings. The standard InChI is InChI=1S/C11H13N3O/c1-2-5-14-10-4-3-9(12)6-8(10)7-13-11(14)15/h3-4,6-7H,2,5,12H2,1H3. The van der Waals surface area contributed by atoms with Crippen molar-refractivity contribution in [2.24, 2.45) is 0 Å². The summed E-state index contributed by atoms with van der Waals surface area (Å²) < 4.78 is 1.68. The summed E-state index contributed by atoms with van der Waals surface area (Å²) in [5, 5.41) is 0.906. The number of aryl methyl sites for hydroxylation is 1. The number of rotatable bonds is 2. The van der Waals surface area contributed by atoms with E-state index in [-0.39, 0.29) is 5.69 Å². The maximum absolute atomic E-state index is 11.5. The molecular weight excluding hydrogens is 190 g/mol. The summed E-state index contributed by atoms with van der Waals surface area (Å²) in [5.41, 5.74) is 7.05. The van der Waals surface area contributed by atoms with Crippen molar-refractivity contribution < 1.29 is 0 Å². The summed E-state index contributed by atoms with van der Waals surface area (Å²) in [6.45, 7) is 2.72. The van der Waals surface area contributed by atoms with E-state index >= 15 is 0 Å². The minimum absolute atomic E-state index is 0.200. The highest BCUT2D eigenvalue weighted by molar-refractivity contribution is 5.81. The Morgan fingerprint density at radius 3 is 3.00 bits per heavy atom. The van der Waals surface area contributed by atoms with Crippen LogP contribution in [0.25, 0.3) is 10.9 Å². The van der Waals surface area contributed by atoms with Crippen molar-refractivity contribution in [1.82, 2.24) is 9.55 Å². The maximum Gasteiger partial charge on any atom is 0.348 e. The van der Waals surface area contributed by atoms with Gasteiger partial charge in [-0.3, -0.25) is 4.57 Å². The molecule has 2 aromatic rings. The van der Waals surface area contributed by atoms with Crippen molar-refractivity contribution >= 4 is 16.6 Å². The second-order valence-electron chi connectivity index (χ2n) is 3.51. The highest BCUT2D eigenvalue weighted by Crippen LogP contribution is 2.14. The fourth-order valence-electron chi connectivity index (χ4n) is 1.66. The second kappa shape index (κ2) is 3.73. The Morgan fingerprint density at radius 2 is 2.27 bits per heavy atom. The minimum Gasteiger partial charge on any atom is -0.399 e. The van der Waals surface area contributed by atoms with Crippen LogP contribution in [0.1, 0.15) is 13.3 Å². The third-order valence-electron chi connectivity index (χ3n) is 2.33. The average Bonchev–Trinajstić information content (AvgIpc) is 2.22. The first-order chi connectivity index (χ1) is 7.22. The summed E-state index contributed by atoms with van der Waals surface area (Å²) in [7, 11) is 0. The van der Waals surface area contributed by atoms with Gasteiger partial charge in [-0.2, -0.15) is 0 Å². The smallest absolute Gasteiger partial charge is 0.348 e. The predicted octanol–water partition coefficient (Wildman–Crippen LogP) is 1.39. The van der Waals surface area contributed by atoms with Crippen molar-refractivity contribution in [1.29, 1.82) is 0 Å². The quantitative estimate of drug-likeness (QED) is 0.750. The number of nitrogens with zero attached hydrogens (tertiary/aromatic N) is 2. The average molecular weight is 203 g/mol. The highest BCUT2D eigenvalue weighted by Gasteiger charge is 2.02. The van der Waals surface area contributed by atoms with Crippen LogP contribution in [0.3, 0.4) is 0 Å². The molecule has 0 amide bonds. The molecule has 78 valence electrons. The van der Waals surface area contributed by atoms with Crippen LogP contribution in [-0.4, -0.2) is 9.55 Å². The van der Waals surface area contributed by atoms with Gasteiger partial charge in [0.15, 0.2) is 0 Å². The summed E-state index contributed by atoms with van der Waals surface area (Å²) >= 11 is 0. The molecule has 1 aromatic carbocycles. The summed E-state index contributed by atoms with van der Waals surface area (Å²) in [6.07, 6.45) is 2.48. The van der Waals surface area contributed by atoms with Crippen molar-refractivity contribution in [2.75, 3.05) is 5.73 Å². The Bertz CT molecular complexity index is 545. The molecule has 0 atom stereocenters. The maximum atomic E-state index is 11.5. The Kier molecular flexibility index (Phi) is 2.41. The first kappa shape index (κ1) is 9.71. The fourth-order valence-corrected chi connectivity index (χ4v) is 1.66. The van der Waals surface area contributed by atoms with E-state index in [1.165, 1.54) is 0 Å². The van der Waals surface area contributed by atoms with Gasteiger partial charge in [-0.1, -0.05) is 6.92 Å². The van der Waals surface area contributed by atoms with Gasteiger partial charge in [0.2, 0.25) is 0 Å². The lowest BCUT2D eigenvalue weighted by molar-refractivity contribution is 0.660. The van der Waals surface area contributed by atoms with Gasteiger partial charge in [-0.05, 0) is 24.6 Å². The molecule has 0 fully saturated rings. The molecule has 0 bridgehead atoms. The topological polar surface area (TPSA) is 60.9 Å². The van der Waals surface area contributed by atoms with Gasteiger partial charge in [0.1, 0.15) is 0 Å². The molecule has 0 spiro atoms. The van der Waals surface area contributed by atoms with Crippen LogP contribution in [0, 0.1) is 0 Å². The molecule has 4 heteroatoms. The van der Waals surface area contributed by atoms with E-state index in [2.05, 4.69) is 4.98 Å². The Hall–Kier alpha value is -1.84. The van der Waals surface area contributed by atoms with Crippen LogP contribution in [0.5, 0.6) is 0 Å². The zero-order valence-electron chi connectivity index (χ0n) is 8.60. The lowest BCUT2D eigenvalue weighted by atomic mass is 10.2. The molecule has 0 unspecified atom stereocenters. The third-order valence-corrected chi connectivity index (χ3v) is 2.33. The van der Waals surface area contributed by atoms with E-state index < -0.39 is 0 Å². The lowest BCUT2D eigenvalue weighted by Crippen LogP contribution is -2.22. The zero-order valence-corrected chi connectivity index (χ0v) is 8.60. The van der Waals surface area contributed by atoms with Crippen LogP contribution in [0.4, 0.5) is 5.69 Å². The molecular formula is C11H13N3O. The van der Waals surface area contributed by atoms with Gasteiger partial charge in [0, 0.05) is 23.8 Å². The van der Waals surface area contributed by atoms with Crippen LogP contribution in [0.15, 0.2) is 29.2 Å². The molecule has 0 aliphatic heterocycles. The summed E-state index contributed by atoms with van der Waals surface area (Å²) in [4.78, 5) is 15.3. The normalized spacial score (nSPS) is 10.7. The van der Waals surface area contributed by atoms with Crippen LogP contribution >= 0.6 is 0 Å². The third kappa shape index (κ3) is 1.70. The van der Waals surface area contributed by atoms with Crippen molar-refractivity contribution in [3.63, 3.8) is 0 Å². The molecule has 0 radical (unpaired) electrons. The monoisotopic (exact) mass is 203 g/mol. The molecule has 15 heavy (non-hydrogen) atoms. The van der Waals surface area contributed by atoms with E-state index in [4.69, 9.17) is 5.73 Å². The van der Waals surface area contributed by atoms with Gasteiger partial charge >= 0.3 is 5.69 Å². The van der Waals surface area contributed by atoms with Gasteiger partial charge in [0.25, 0.3) is 0 Å². The van der Waals surface area contributed by atoms with E-state index in [9.17, 15) is 4.79 Å². The van der Waals surface area contributed by atoms with Crippen LogP contribution < -0.4 is 11.4 Å². The number of nitrogen functional groups attached to an aromatic ring is 1. The Balaban J connectivity index is 2.76. The number of nitrogens with two attached hydrogens (primary N) is 1. The molecule has 0 aliphatic carbocycles. The van der Waals surface area contributed by atoms with Gasteiger partial charge in [-0.15, -0.1) is 0 Å². The van der Waals surface area contributed by atoms with E-state index in [1.54, 1.807) is 16.8 Å². The van der Waals surface area contributed by atoms with E-state index in [1.807, 2.05) is 19.1 Å². The summed E-state index contributed by atoms with van der Waals surface area (Å²) in [5.74, 6) is 0. The van der Waals surface area contributed by atoms with Gasteiger partial charge in [0.05, 0.1) is 5.52 Å². The minimum atomic E-state index is -0.200. The number of hydrogen-bond acceptors (Lipinski definition) is 3. The molecule has 2 N–H and O–H groups in total. The van der Waals surface area contributed by atoms with Crippen molar-refractivity contribution in [2.45, 2.75) is 19.9 Å². The van der Waals surface area contributed by atoms with E-state index in [0.717, 1.165) is 17.3 Å². The van der Waals surface area contributed by atoms with Gasteiger partial charge < -0.3 is 5.73 Å². The molecule has 0 saturated carbocycles. The largest absolute Gasteiger partial charge is 0.399 e. The zero-order chi connectivity index (χ0) is 10.8. The Labute approximate surface area is 87.4 Å². The first-order valence-electron chi connectivity index (χ1n) is 4.97. The summed E-state index contributed by atoms with van der Waals surface area (Å²) in [6, 6.07) is 5.49. The number of hydrogen-bond donors (Lipinski definition) is 1. The molecule has 1 aromatic heterocycles. The number of aromatic nitrogens is 2. The van der Waals surface area contributed by atoms with Gasteiger partial charge in [-0.25, -0.2) is 9.78 Å². The second-order valence-corrected chi connectivity index (χ2v) is 3.51. The highest BCUT2D eigenvalue weighted by atomic mass is 16.1. The number of anilines is 1. The van der Waals surface area contributed by atoms with Crippen molar-refractivity contribution in [3.8, 4) is 0 Å². The molecule has 1 heterocycles. The van der Waals surface area contributed by atoms with Crippen LogP contribution in [0.2, 0.25) is 0 Å². The predicted molar refractivity (Wildman–Crippen MR) is 60.7 cm³/mol. The lowest BCUT2D eigenvalue weighted by Gasteiger charge is -2.07. The number of fused-ring (bicyclic) bond motifs is 1.